The molecular weight excluding hydrogens is 448 g/mol. The van der Waals surface area contributed by atoms with Crippen molar-refractivity contribution in [3.05, 3.63) is 54.1 Å². The van der Waals surface area contributed by atoms with Crippen LogP contribution in [0.15, 0.2) is 53.4 Å². The third kappa shape index (κ3) is 4.61. The molecule has 2 aromatic rings. The van der Waals surface area contributed by atoms with Gasteiger partial charge in [0, 0.05) is 18.7 Å². The predicted octanol–water partition coefficient (Wildman–Crippen LogP) is 1.05. The van der Waals surface area contributed by atoms with Gasteiger partial charge in [0.2, 0.25) is 15.9 Å². The summed E-state index contributed by atoms with van der Waals surface area (Å²) in [5, 5.41) is 0. The number of nitrogens with zero attached hydrogens (tertiary/aromatic N) is 2. The van der Waals surface area contributed by atoms with Crippen molar-refractivity contribution in [2.24, 2.45) is 0 Å². The number of benzene rings is 2. The first-order valence-corrected chi connectivity index (χ1v) is 11.9. The van der Waals surface area contributed by atoms with Crippen LogP contribution in [-0.4, -0.2) is 56.7 Å². The molecule has 2 saturated heterocycles. The molecule has 4 rings (SSSR count). The molecule has 0 unspecified atom stereocenters. The largest absolute Gasteiger partial charge is 0.497 e. The lowest BCUT2D eigenvalue weighted by Gasteiger charge is -2.17. The summed E-state index contributed by atoms with van der Waals surface area (Å²) in [6.45, 7) is 0.992. The van der Waals surface area contributed by atoms with Crippen LogP contribution < -0.4 is 20.5 Å². The molecule has 10 nitrogen and oxygen atoms in total. The summed E-state index contributed by atoms with van der Waals surface area (Å²) in [6, 6.07) is 11.2. The Morgan fingerprint density at radius 2 is 1.64 bits per heavy atom. The molecule has 33 heavy (non-hydrogen) atoms. The number of ether oxygens (including phenoxy) is 1. The highest BCUT2D eigenvalue weighted by atomic mass is 32.2. The number of methoxy groups -OCH3 is 1. The third-order valence-electron chi connectivity index (χ3n) is 5.66. The number of rotatable bonds is 7. The van der Waals surface area contributed by atoms with Crippen LogP contribution in [-0.2, 0) is 19.6 Å². The molecule has 2 N–H and O–H groups in total. The molecule has 0 spiro atoms. The molecule has 11 heteroatoms. The first-order chi connectivity index (χ1) is 15.8. The van der Waals surface area contributed by atoms with E-state index in [9.17, 15) is 22.8 Å². The van der Waals surface area contributed by atoms with Crippen molar-refractivity contribution < 1.29 is 27.5 Å². The number of hydrogen-bond acceptors (Lipinski definition) is 7. The Balaban J connectivity index is 1.37. The van der Waals surface area contributed by atoms with Crippen LogP contribution >= 0.6 is 0 Å². The van der Waals surface area contributed by atoms with Crippen molar-refractivity contribution in [2.45, 2.75) is 30.2 Å². The zero-order valence-corrected chi connectivity index (χ0v) is 18.8. The van der Waals surface area contributed by atoms with E-state index in [-0.39, 0.29) is 16.9 Å². The van der Waals surface area contributed by atoms with E-state index in [2.05, 4.69) is 10.9 Å². The van der Waals surface area contributed by atoms with Crippen molar-refractivity contribution in [1.82, 2.24) is 15.2 Å². The summed E-state index contributed by atoms with van der Waals surface area (Å²) in [7, 11) is -2.05. The van der Waals surface area contributed by atoms with Crippen molar-refractivity contribution in [2.75, 3.05) is 25.1 Å². The standard InChI is InChI=1S/C22H24N4O6S/c1-32-17-8-6-16(7-9-17)26-20(27)14-19(22(26)29)23-24-21(28)15-4-10-18(11-5-15)33(30,31)25-12-2-3-13-25/h4-11,19,23H,2-3,12-14H2,1H3,(H,24,28)/t19-/m1/s1. The molecule has 3 amide bonds. The smallest absolute Gasteiger partial charge is 0.265 e. The topological polar surface area (TPSA) is 125 Å². The number of nitrogens with one attached hydrogen (secondary N) is 2. The van der Waals surface area contributed by atoms with Crippen molar-refractivity contribution in [3.8, 4) is 5.75 Å². The normalized spacial score (nSPS) is 19.2. The van der Waals surface area contributed by atoms with Crippen LogP contribution in [0, 0.1) is 0 Å². The van der Waals surface area contributed by atoms with Gasteiger partial charge in [-0.3, -0.25) is 19.8 Å². The second-order valence-electron chi connectivity index (χ2n) is 7.76. The molecule has 1 atom stereocenters. The summed E-state index contributed by atoms with van der Waals surface area (Å²) >= 11 is 0. The fourth-order valence-corrected chi connectivity index (χ4v) is 5.34. The average Bonchev–Trinajstić information content (AvgIpc) is 3.46. The zero-order valence-electron chi connectivity index (χ0n) is 18.0. The van der Waals surface area contributed by atoms with E-state index < -0.39 is 33.8 Å². The zero-order chi connectivity index (χ0) is 23.6. The van der Waals surface area contributed by atoms with Crippen LogP contribution in [0.25, 0.3) is 0 Å². The molecule has 2 aliphatic heterocycles. The van der Waals surface area contributed by atoms with Crippen molar-refractivity contribution >= 4 is 33.4 Å². The molecular formula is C22H24N4O6S. The van der Waals surface area contributed by atoms with Crippen LogP contribution in [0.1, 0.15) is 29.6 Å². The van der Waals surface area contributed by atoms with Crippen LogP contribution in [0.4, 0.5) is 5.69 Å². The lowest BCUT2D eigenvalue weighted by molar-refractivity contribution is -0.121. The minimum atomic E-state index is -3.57. The fourth-order valence-electron chi connectivity index (χ4n) is 3.83. The molecule has 2 fully saturated rings. The van der Waals surface area contributed by atoms with Gasteiger partial charge in [0.25, 0.3) is 11.8 Å². The Labute approximate surface area is 191 Å². The molecule has 0 saturated carbocycles. The molecule has 0 aromatic heterocycles. The van der Waals surface area contributed by atoms with Gasteiger partial charge < -0.3 is 4.74 Å². The number of hydrogen-bond donors (Lipinski definition) is 2. The van der Waals surface area contributed by atoms with E-state index in [0.29, 0.717) is 24.5 Å². The van der Waals surface area contributed by atoms with Gasteiger partial charge in [0.15, 0.2) is 0 Å². The number of imide groups is 1. The van der Waals surface area contributed by atoms with E-state index in [1.165, 1.54) is 35.7 Å². The van der Waals surface area contributed by atoms with E-state index in [0.717, 1.165) is 17.7 Å². The molecule has 2 aliphatic rings. The molecule has 0 aliphatic carbocycles. The van der Waals surface area contributed by atoms with E-state index in [1.54, 1.807) is 24.3 Å². The van der Waals surface area contributed by atoms with E-state index >= 15 is 0 Å². The Morgan fingerprint density at radius 3 is 2.24 bits per heavy atom. The maximum absolute atomic E-state index is 12.7. The molecule has 2 aromatic carbocycles. The predicted molar refractivity (Wildman–Crippen MR) is 119 cm³/mol. The first kappa shape index (κ1) is 22.9. The molecule has 0 bridgehead atoms. The minimum Gasteiger partial charge on any atom is -0.497 e. The van der Waals surface area contributed by atoms with Gasteiger partial charge in [-0.25, -0.2) is 18.7 Å². The quantitative estimate of drug-likeness (QED) is 0.456. The van der Waals surface area contributed by atoms with Crippen LogP contribution in [0.5, 0.6) is 5.75 Å². The number of anilines is 1. The summed E-state index contributed by atoms with van der Waals surface area (Å²) in [5.74, 6) is -0.840. The Bertz CT molecular complexity index is 1160. The second kappa shape index (κ2) is 9.30. The number of sulfonamides is 1. The van der Waals surface area contributed by atoms with Crippen molar-refractivity contribution in [3.63, 3.8) is 0 Å². The van der Waals surface area contributed by atoms with Crippen molar-refractivity contribution in [1.29, 1.82) is 0 Å². The number of hydrazine groups is 1. The summed E-state index contributed by atoms with van der Waals surface area (Å²) in [5.41, 5.74) is 5.66. The highest BCUT2D eigenvalue weighted by molar-refractivity contribution is 7.89. The maximum atomic E-state index is 12.7. The summed E-state index contributed by atoms with van der Waals surface area (Å²) < 4.78 is 31.7. The van der Waals surface area contributed by atoms with Crippen LogP contribution in [0.2, 0.25) is 0 Å². The first-order valence-electron chi connectivity index (χ1n) is 10.5. The second-order valence-corrected chi connectivity index (χ2v) is 9.69. The Kier molecular flexibility index (Phi) is 6.45. The molecule has 0 radical (unpaired) electrons. The lowest BCUT2D eigenvalue weighted by Crippen LogP contribution is -2.48. The Hall–Kier alpha value is -3.28. The highest BCUT2D eigenvalue weighted by Gasteiger charge is 2.39. The lowest BCUT2D eigenvalue weighted by atomic mass is 10.2. The number of carbonyl (C=O) groups is 3. The Morgan fingerprint density at radius 1 is 1.00 bits per heavy atom. The van der Waals surface area contributed by atoms with Gasteiger partial charge in [-0.05, 0) is 61.4 Å². The molecule has 174 valence electrons. The monoisotopic (exact) mass is 472 g/mol. The van der Waals surface area contributed by atoms with Gasteiger partial charge in [-0.2, -0.15) is 4.31 Å². The SMILES string of the molecule is COc1ccc(N2C(=O)C[C@@H](NNC(=O)c3ccc(S(=O)(=O)N4CCCC4)cc3)C2=O)cc1. The van der Waals surface area contributed by atoms with Gasteiger partial charge in [0.05, 0.1) is 24.1 Å². The van der Waals surface area contributed by atoms with Gasteiger partial charge in [-0.15, -0.1) is 0 Å². The minimum absolute atomic E-state index is 0.113. The third-order valence-corrected chi connectivity index (χ3v) is 7.57. The van der Waals surface area contributed by atoms with E-state index in [4.69, 9.17) is 4.74 Å². The fraction of sp³-hybridized carbons (Fsp3) is 0.318. The van der Waals surface area contributed by atoms with Gasteiger partial charge >= 0.3 is 0 Å². The van der Waals surface area contributed by atoms with Crippen LogP contribution in [0.3, 0.4) is 0 Å². The van der Waals surface area contributed by atoms with E-state index in [1.807, 2.05) is 0 Å². The highest BCUT2D eigenvalue weighted by Crippen LogP contribution is 2.25. The summed E-state index contributed by atoms with van der Waals surface area (Å²) in [6.07, 6.45) is 1.56. The average molecular weight is 473 g/mol. The summed E-state index contributed by atoms with van der Waals surface area (Å²) in [4.78, 5) is 38.7. The molecule has 2 heterocycles. The maximum Gasteiger partial charge on any atom is 0.265 e. The van der Waals surface area contributed by atoms with Gasteiger partial charge in [0.1, 0.15) is 11.8 Å². The van der Waals surface area contributed by atoms with Gasteiger partial charge in [-0.1, -0.05) is 0 Å². The number of carbonyl (C=O) groups excluding carboxylic acids is 3. The number of amides is 3.